The molecule has 7 heteroatoms. The maximum Gasteiger partial charge on any atom is 0.224 e. The van der Waals surface area contributed by atoms with Crippen molar-refractivity contribution in [1.29, 1.82) is 0 Å². The Morgan fingerprint density at radius 1 is 1.03 bits per heavy atom. The van der Waals surface area contributed by atoms with Gasteiger partial charge in [-0.1, -0.05) is 53.5 Å². The van der Waals surface area contributed by atoms with E-state index in [0.717, 1.165) is 44.3 Å². The van der Waals surface area contributed by atoms with Crippen molar-refractivity contribution in [3.63, 3.8) is 0 Å². The Bertz CT molecular complexity index is 1290. The van der Waals surface area contributed by atoms with Crippen molar-refractivity contribution in [2.24, 2.45) is 0 Å². The molecule has 176 valence electrons. The summed E-state index contributed by atoms with van der Waals surface area (Å²) in [6, 6.07) is 19.3. The van der Waals surface area contributed by atoms with Crippen molar-refractivity contribution in [1.82, 2.24) is 14.9 Å². The standard InChI is InChI=1S/C27H27Cl2N3O2/c1-18-15-21(16-19(2)27(18)29)34-14-13-32-24-10-6-5-9-23(24)31-25(32)11-12-30-26(33)17-20-7-3-4-8-22(20)28/h3-10,15-16H,11-14,17H2,1-2H3,(H,30,33). The highest BCUT2D eigenvalue weighted by atomic mass is 35.5. The van der Waals surface area contributed by atoms with Gasteiger partial charge in [0.15, 0.2) is 0 Å². The number of aromatic nitrogens is 2. The lowest BCUT2D eigenvalue weighted by atomic mass is 10.1. The summed E-state index contributed by atoms with van der Waals surface area (Å²) in [5.74, 6) is 1.65. The van der Waals surface area contributed by atoms with Crippen molar-refractivity contribution in [2.45, 2.75) is 33.2 Å². The van der Waals surface area contributed by atoms with Gasteiger partial charge in [-0.15, -0.1) is 0 Å². The normalized spacial score (nSPS) is 11.1. The molecule has 0 saturated heterocycles. The molecule has 0 spiro atoms. The van der Waals surface area contributed by atoms with Crippen LogP contribution in [0.25, 0.3) is 11.0 Å². The number of benzene rings is 3. The number of carbonyl (C=O) groups is 1. The second-order valence-electron chi connectivity index (χ2n) is 8.26. The average Bonchev–Trinajstić information content (AvgIpc) is 3.16. The van der Waals surface area contributed by atoms with Crippen molar-refractivity contribution in [2.75, 3.05) is 13.2 Å². The molecule has 0 radical (unpaired) electrons. The number of aryl methyl sites for hydroxylation is 2. The number of hydrogen-bond acceptors (Lipinski definition) is 3. The third kappa shape index (κ3) is 5.72. The molecule has 3 aromatic carbocycles. The average molecular weight is 496 g/mol. The van der Waals surface area contributed by atoms with Gasteiger partial charge in [-0.25, -0.2) is 4.98 Å². The summed E-state index contributed by atoms with van der Waals surface area (Å²) < 4.78 is 8.19. The molecule has 5 nitrogen and oxygen atoms in total. The molecule has 4 aromatic rings. The van der Waals surface area contributed by atoms with Gasteiger partial charge in [-0.05, 0) is 60.9 Å². The predicted octanol–water partition coefficient (Wildman–Crippen LogP) is 5.94. The number of para-hydroxylation sites is 2. The fourth-order valence-electron chi connectivity index (χ4n) is 4.00. The third-order valence-corrected chi connectivity index (χ3v) is 6.67. The molecule has 1 N–H and O–H groups in total. The van der Waals surface area contributed by atoms with E-state index in [0.29, 0.717) is 31.1 Å². The third-order valence-electron chi connectivity index (χ3n) is 5.71. The molecule has 4 rings (SSSR count). The molecule has 0 bridgehead atoms. The van der Waals surface area contributed by atoms with Gasteiger partial charge in [0.1, 0.15) is 18.2 Å². The van der Waals surface area contributed by atoms with Crippen LogP contribution in [0.4, 0.5) is 0 Å². The minimum Gasteiger partial charge on any atom is -0.492 e. The molecule has 0 saturated carbocycles. The van der Waals surface area contributed by atoms with Crippen molar-refractivity contribution < 1.29 is 9.53 Å². The molecular weight excluding hydrogens is 469 g/mol. The van der Waals surface area contributed by atoms with E-state index in [2.05, 4.69) is 16.0 Å². The van der Waals surface area contributed by atoms with Gasteiger partial charge in [0.25, 0.3) is 0 Å². The van der Waals surface area contributed by atoms with Crippen molar-refractivity contribution in [3.05, 3.63) is 93.2 Å². The van der Waals surface area contributed by atoms with Crippen LogP contribution in [0.1, 0.15) is 22.5 Å². The highest BCUT2D eigenvalue weighted by Gasteiger charge is 2.12. The van der Waals surface area contributed by atoms with Gasteiger partial charge in [0, 0.05) is 23.0 Å². The number of carbonyl (C=O) groups excluding carboxylic acids is 1. The monoisotopic (exact) mass is 495 g/mol. The molecule has 34 heavy (non-hydrogen) atoms. The Balaban J connectivity index is 1.40. The largest absolute Gasteiger partial charge is 0.492 e. The summed E-state index contributed by atoms with van der Waals surface area (Å²) in [6.07, 6.45) is 0.867. The first-order valence-corrected chi connectivity index (χ1v) is 12.0. The topological polar surface area (TPSA) is 56.1 Å². The Morgan fingerprint density at radius 3 is 2.50 bits per heavy atom. The summed E-state index contributed by atoms with van der Waals surface area (Å²) in [4.78, 5) is 17.2. The fourth-order valence-corrected chi connectivity index (χ4v) is 4.31. The van der Waals surface area contributed by atoms with E-state index < -0.39 is 0 Å². The zero-order valence-corrected chi connectivity index (χ0v) is 20.8. The lowest BCUT2D eigenvalue weighted by molar-refractivity contribution is -0.120. The lowest BCUT2D eigenvalue weighted by Crippen LogP contribution is -2.28. The Hall–Kier alpha value is -3.02. The minimum absolute atomic E-state index is 0.0624. The Labute approximate surface area is 209 Å². The molecular formula is C27H27Cl2N3O2. The van der Waals surface area contributed by atoms with Crippen LogP contribution in [0.15, 0.2) is 60.7 Å². The first-order valence-electron chi connectivity index (χ1n) is 11.3. The van der Waals surface area contributed by atoms with Crippen LogP contribution in [0, 0.1) is 13.8 Å². The summed E-state index contributed by atoms with van der Waals surface area (Å²) >= 11 is 12.4. The van der Waals surface area contributed by atoms with Crippen LogP contribution in [0.2, 0.25) is 10.0 Å². The fraction of sp³-hybridized carbons (Fsp3) is 0.259. The number of ether oxygens (including phenoxy) is 1. The SMILES string of the molecule is Cc1cc(OCCn2c(CCNC(=O)Cc3ccccc3Cl)nc3ccccc32)cc(C)c1Cl. The Morgan fingerprint density at radius 2 is 1.74 bits per heavy atom. The van der Waals surface area contributed by atoms with Crippen LogP contribution >= 0.6 is 23.2 Å². The van der Waals surface area contributed by atoms with Crippen LogP contribution in [-0.2, 0) is 24.2 Å². The molecule has 0 atom stereocenters. The number of fused-ring (bicyclic) bond motifs is 1. The van der Waals surface area contributed by atoms with E-state index in [4.69, 9.17) is 32.9 Å². The van der Waals surface area contributed by atoms with Crippen LogP contribution in [0.5, 0.6) is 5.75 Å². The maximum atomic E-state index is 12.4. The molecule has 0 fully saturated rings. The molecule has 0 aliphatic rings. The number of hydrogen-bond donors (Lipinski definition) is 1. The van der Waals surface area contributed by atoms with Gasteiger partial charge in [-0.3, -0.25) is 4.79 Å². The van der Waals surface area contributed by atoms with E-state index in [1.165, 1.54) is 0 Å². The van der Waals surface area contributed by atoms with E-state index in [9.17, 15) is 4.79 Å². The van der Waals surface area contributed by atoms with E-state index >= 15 is 0 Å². The van der Waals surface area contributed by atoms with E-state index in [1.54, 1.807) is 6.07 Å². The zero-order chi connectivity index (χ0) is 24.1. The maximum absolute atomic E-state index is 12.4. The molecule has 0 aliphatic carbocycles. The number of imidazole rings is 1. The number of halogens is 2. The highest BCUT2D eigenvalue weighted by molar-refractivity contribution is 6.32. The smallest absolute Gasteiger partial charge is 0.224 e. The summed E-state index contributed by atoms with van der Waals surface area (Å²) in [7, 11) is 0. The van der Waals surface area contributed by atoms with Gasteiger partial charge in [-0.2, -0.15) is 0 Å². The number of nitrogens with one attached hydrogen (secondary N) is 1. The van der Waals surface area contributed by atoms with Crippen molar-refractivity contribution in [3.8, 4) is 5.75 Å². The van der Waals surface area contributed by atoms with Gasteiger partial charge >= 0.3 is 0 Å². The highest BCUT2D eigenvalue weighted by Crippen LogP contribution is 2.26. The van der Waals surface area contributed by atoms with Crippen LogP contribution < -0.4 is 10.1 Å². The minimum atomic E-state index is -0.0624. The molecule has 0 unspecified atom stereocenters. The quantitative estimate of drug-likeness (QED) is 0.312. The number of amides is 1. The van der Waals surface area contributed by atoms with Crippen LogP contribution in [0.3, 0.4) is 0 Å². The van der Waals surface area contributed by atoms with Gasteiger partial charge in [0.2, 0.25) is 5.91 Å². The number of nitrogens with zero attached hydrogens (tertiary/aromatic N) is 2. The molecule has 1 aromatic heterocycles. The van der Waals surface area contributed by atoms with E-state index in [-0.39, 0.29) is 12.3 Å². The van der Waals surface area contributed by atoms with Crippen molar-refractivity contribution >= 4 is 40.1 Å². The summed E-state index contributed by atoms with van der Waals surface area (Å²) in [5, 5.41) is 4.36. The van der Waals surface area contributed by atoms with Crippen LogP contribution in [-0.4, -0.2) is 28.6 Å². The summed E-state index contributed by atoms with van der Waals surface area (Å²) in [5.41, 5.74) is 4.79. The molecule has 0 aliphatic heterocycles. The first kappa shape index (κ1) is 24.1. The summed E-state index contributed by atoms with van der Waals surface area (Å²) in [6.45, 7) is 5.58. The predicted molar refractivity (Wildman–Crippen MR) is 138 cm³/mol. The molecule has 1 amide bonds. The molecule has 1 heterocycles. The van der Waals surface area contributed by atoms with E-state index in [1.807, 2.05) is 62.4 Å². The lowest BCUT2D eigenvalue weighted by Gasteiger charge is -2.13. The second-order valence-corrected chi connectivity index (χ2v) is 9.04. The Kier molecular flexibility index (Phi) is 7.76. The van der Waals surface area contributed by atoms with Gasteiger partial charge in [0.05, 0.1) is 24.0 Å². The zero-order valence-electron chi connectivity index (χ0n) is 19.3. The first-order chi connectivity index (χ1) is 16.4. The second kappa shape index (κ2) is 10.9. The van der Waals surface area contributed by atoms with Gasteiger partial charge < -0.3 is 14.6 Å². The number of rotatable bonds is 9.